The van der Waals surface area contributed by atoms with E-state index in [1.165, 1.54) is 4.90 Å². The van der Waals surface area contributed by atoms with E-state index >= 15 is 0 Å². The van der Waals surface area contributed by atoms with Gasteiger partial charge in [0.05, 0.1) is 6.54 Å². The molecule has 0 aromatic heterocycles. The van der Waals surface area contributed by atoms with Crippen LogP contribution in [0.4, 0.5) is 5.69 Å². The lowest BCUT2D eigenvalue weighted by molar-refractivity contribution is -0.129. The molecule has 0 atom stereocenters. The van der Waals surface area contributed by atoms with Gasteiger partial charge in [-0.2, -0.15) is 0 Å². The van der Waals surface area contributed by atoms with E-state index in [4.69, 9.17) is 0 Å². The highest BCUT2D eigenvalue weighted by atomic mass is 16.2. The molecule has 0 fully saturated rings. The molecule has 0 saturated carbocycles. The SMILES string of the molecule is CCN(CC(=O)N(C)C)C(=O)c1ccc(N(CC)CC)cc1. The van der Waals surface area contributed by atoms with Gasteiger partial charge in [-0.25, -0.2) is 0 Å². The van der Waals surface area contributed by atoms with Crippen molar-refractivity contribution in [1.82, 2.24) is 9.80 Å². The van der Waals surface area contributed by atoms with E-state index in [9.17, 15) is 9.59 Å². The molecule has 0 radical (unpaired) electrons. The summed E-state index contributed by atoms with van der Waals surface area (Å²) in [5.41, 5.74) is 1.72. The van der Waals surface area contributed by atoms with E-state index < -0.39 is 0 Å². The largest absolute Gasteiger partial charge is 0.372 e. The number of nitrogens with zero attached hydrogens (tertiary/aromatic N) is 3. The Balaban J connectivity index is 2.85. The summed E-state index contributed by atoms with van der Waals surface area (Å²) in [5.74, 6) is -0.182. The van der Waals surface area contributed by atoms with Gasteiger partial charge in [-0.15, -0.1) is 0 Å². The average Bonchev–Trinajstić information content (AvgIpc) is 2.53. The highest BCUT2D eigenvalue weighted by Gasteiger charge is 2.18. The lowest BCUT2D eigenvalue weighted by Gasteiger charge is -2.23. The molecule has 1 rings (SSSR count). The molecule has 0 unspecified atom stereocenters. The summed E-state index contributed by atoms with van der Waals surface area (Å²) in [6.07, 6.45) is 0. The first-order valence-electron chi connectivity index (χ1n) is 7.78. The van der Waals surface area contributed by atoms with Gasteiger partial charge in [0.1, 0.15) is 0 Å². The maximum atomic E-state index is 12.5. The maximum absolute atomic E-state index is 12.5. The van der Waals surface area contributed by atoms with Crippen LogP contribution in [-0.4, -0.2) is 61.9 Å². The molecule has 1 aromatic rings. The first-order chi connectivity index (χ1) is 10.4. The molecule has 5 heteroatoms. The third-order valence-corrected chi connectivity index (χ3v) is 3.74. The molecule has 2 amide bonds. The Morgan fingerprint density at radius 3 is 1.86 bits per heavy atom. The van der Waals surface area contributed by atoms with Gasteiger partial charge in [-0.1, -0.05) is 0 Å². The van der Waals surface area contributed by atoms with Gasteiger partial charge >= 0.3 is 0 Å². The molecule has 0 bridgehead atoms. The number of hydrogen-bond donors (Lipinski definition) is 0. The van der Waals surface area contributed by atoms with Gasteiger partial charge in [0.25, 0.3) is 5.91 Å². The zero-order valence-electron chi connectivity index (χ0n) is 14.3. The highest BCUT2D eigenvalue weighted by molar-refractivity contribution is 5.96. The van der Waals surface area contributed by atoms with Gasteiger partial charge in [-0.05, 0) is 45.0 Å². The van der Waals surface area contributed by atoms with Crippen molar-refractivity contribution in [3.8, 4) is 0 Å². The fourth-order valence-corrected chi connectivity index (χ4v) is 2.22. The number of hydrogen-bond acceptors (Lipinski definition) is 3. The first kappa shape index (κ1) is 18.0. The van der Waals surface area contributed by atoms with Crippen LogP contribution >= 0.6 is 0 Å². The van der Waals surface area contributed by atoms with Crippen molar-refractivity contribution in [3.63, 3.8) is 0 Å². The number of benzene rings is 1. The van der Waals surface area contributed by atoms with Crippen LogP contribution in [0.1, 0.15) is 31.1 Å². The number of carbonyl (C=O) groups excluding carboxylic acids is 2. The number of anilines is 1. The standard InChI is InChI=1S/C17H27N3O2/c1-6-19(7-2)15-11-9-14(10-12-15)17(22)20(8-3)13-16(21)18(4)5/h9-12H,6-8,13H2,1-5H3. The molecule has 0 saturated heterocycles. The van der Waals surface area contributed by atoms with E-state index in [1.54, 1.807) is 19.0 Å². The van der Waals surface area contributed by atoms with Crippen molar-refractivity contribution >= 4 is 17.5 Å². The topological polar surface area (TPSA) is 43.9 Å². The van der Waals surface area contributed by atoms with Gasteiger partial charge in [-0.3, -0.25) is 9.59 Å². The smallest absolute Gasteiger partial charge is 0.254 e. The minimum absolute atomic E-state index is 0.0741. The van der Waals surface area contributed by atoms with Gasteiger partial charge in [0, 0.05) is 45.0 Å². The van der Waals surface area contributed by atoms with Crippen molar-refractivity contribution in [3.05, 3.63) is 29.8 Å². The van der Waals surface area contributed by atoms with Crippen LogP contribution in [0.3, 0.4) is 0 Å². The normalized spacial score (nSPS) is 10.2. The summed E-state index contributed by atoms with van der Waals surface area (Å²) in [4.78, 5) is 29.6. The Hall–Kier alpha value is -2.04. The molecule has 0 spiro atoms. The minimum Gasteiger partial charge on any atom is -0.372 e. The zero-order chi connectivity index (χ0) is 16.7. The predicted molar refractivity (Wildman–Crippen MR) is 90.3 cm³/mol. The molecule has 0 N–H and O–H groups in total. The molecule has 0 aliphatic carbocycles. The monoisotopic (exact) mass is 305 g/mol. The molecule has 22 heavy (non-hydrogen) atoms. The molecule has 5 nitrogen and oxygen atoms in total. The van der Waals surface area contributed by atoms with Crippen molar-refractivity contribution in [1.29, 1.82) is 0 Å². The Bertz CT molecular complexity index is 493. The maximum Gasteiger partial charge on any atom is 0.254 e. The van der Waals surface area contributed by atoms with Gasteiger partial charge in [0.15, 0.2) is 0 Å². The van der Waals surface area contributed by atoms with E-state index in [2.05, 4.69) is 18.7 Å². The van der Waals surface area contributed by atoms with Crippen LogP contribution in [0.5, 0.6) is 0 Å². The summed E-state index contributed by atoms with van der Waals surface area (Å²) in [7, 11) is 3.39. The number of likely N-dealkylation sites (N-methyl/N-ethyl adjacent to an activating group) is 2. The Morgan fingerprint density at radius 2 is 1.45 bits per heavy atom. The van der Waals surface area contributed by atoms with E-state index in [0.717, 1.165) is 18.8 Å². The second-order valence-electron chi connectivity index (χ2n) is 5.33. The number of amides is 2. The lowest BCUT2D eigenvalue weighted by Crippen LogP contribution is -2.40. The Kier molecular flexibility index (Phi) is 6.89. The molecular weight excluding hydrogens is 278 g/mol. The highest BCUT2D eigenvalue weighted by Crippen LogP contribution is 2.16. The van der Waals surface area contributed by atoms with E-state index in [1.807, 2.05) is 31.2 Å². The average molecular weight is 305 g/mol. The molecular formula is C17H27N3O2. The molecule has 122 valence electrons. The van der Waals surface area contributed by atoms with Crippen LogP contribution in [-0.2, 0) is 4.79 Å². The minimum atomic E-state index is -0.108. The summed E-state index contributed by atoms with van der Waals surface area (Å²) in [5, 5.41) is 0. The van der Waals surface area contributed by atoms with Crippen LogP contribution < -0.4 is 4.90 Å². The first-order valence-corrected chi connectivity index (χ1v) is 7.78. The Morgan fingerprint density at radius 1 is 0.909 bits per heavy atom. The number of rotatable bonds is 7. The zero-order valence-corrected chi connectivity index (χ0v) is 14.3. The van der Waals surface area contributed by atoms with E-state index in [0.29, 0.717) is 12.1 Å². The second-order valence-corrected chi connectivity index (χ2v) is 5.33. The third-order valence-electron chi connectivity index (χ3n) is 3.74. The van der Waals surface area contributed by atoms with Crippen LogP contribution in [0.2, 0.25) is 0 Å². The Labute approximate surface area is 133 Å². The van der Waals surface area contributed by atoms with Crippen LogP contribution in [0.25, 0.3) is 0 Å². The quantitative estimate of drug-likeness (QED) is 0.775. The molecule has 0 aliphatic heterocycles. The second kappa shape index (κ2) is 8.41. The molecule has 0 heterocycles. The van der Waals surface area contributed by atoms with Gasteiger partial charge < -0.3 is 14.7 Å². The van der Waals surface area contributed by atoms with Gasteiger partial charge in [0.2, 0.25) is 5.91 Å². The van der Waals surface area contributed by atoms with Crippen molar-refractivity contribution < 1.29 is 9.59 Å². The lowest BCUT2D eigenvalue weighted by atomic mass is 10.1. The number of carbonyl (C=O) groups is 2. The van der Waals surface area contributed by atoms with Crippen molar-refractivity contribution in [2.75, 3.05) is 45.2 Å². The van der Waals surface area contributed by atoms with Crippen molar-refractivity contribution in [2.24, 2.45) is 0 Å². The van der Waals surface area contributed by atoms with E-state index in [-0.39, 0.29) is 18.4 Å². The third kappa shape index (κ3) is 4.48. The fraction of sp³-hybridized carbons (Fsp3) is 0.529. The molecule has 0 aliphatic rings. The van der Waals surface area contributed by atoms with Crippen molar-refractivity contribution in [2.45, 2.75) is 20.8 Å². The summed E-state index contributed by atoms with van der Waals surface area (Å²) < 4.78 is 0. The summed E-state index contributed by atoms with van der Waals surface area (Å²) in [6.45, 7) is 8.58. The summed E-state index contributed by atoms with van der Waals surface area (Å²) >= 11 is 0. The molecule has 1 aromatic carbocycles. The fourth-order valence-electron chi connectivity index (χ4n) is 2.22. The summed E-state index contributed by atoms with van der Waals surface area (Å²) in [6, 6.07) is 7.58. The van der Waals surface area contributed by atoms with Crippen LogP contribution in [0, 0.1) is 0 Å². The predicted octanol–water partition coefficient (Wildman–Crippen LogP) is 2.08. The van der Waals surface area contributed by atoms with Crippen LogP contribution in [0.15, 0.2) is 24.3 Å².